The molecule has 2 heteroatoms. The second-order valence-electron chi connectivity index (χ2n) is 3.81. The van der Waals surface area contributed by atoms with Crippen molar-refractivity contribution in [2.24, 2.45) is 5.92 Å². The average molecular weight is 156 g/mol. The topological polar surface area (TPSA) is 21.8 Å². The minimum absolute atomic E-state index is 0.235. The molecule has 1 spiro atoms. The largest absolute Gasteiger partial charge is 0.381 e. The monoisotopic (exact) mass is 156 g/mol. The summed E-state index contributed by atoms with van der Waals surface area (Å²) in [5.41, 5.74) is 0.235. The highest BCUT2D eigenvalue weighted by molar-refractivity contribution is 5.02. The number of ether oxygens (including phenoxy) is 2. The Bertz CT molecular complexity index is 152. The minimum atomic E-state index is 0.235. The molecule has 0 aromatic carbocycles. The van der Waals surface area contributed by atoms with E-state index < -0.39 is 0 Å². The van der Waals surface area contributed by atoms with E-state index in [1.165, 1.54) is 19.3 Å². The van der Waals surface area contributed by atoms with Crippen LogP contribution < -0.4 is 0 Å². The molecule has 0 bridgehead atoms. The fourth-order valence-electron chi connectivity index (χ4n) is 2.24. The van der Waals surface area contributed by atoms with Crippen LogP contribution in [-0.4, -0.2) is 25.4 Å². The Morgan fingerprint density at radius 1 is 1.55 bits per heavy atom. The highest BCUT2D eigenvalue weighted by atomic mass is 16.6. The Balaban J connectivity index is 2.04. The SMILES string of the molecule is CO[C@@H]1CCC[C@]2(CO2)[C@H]1C. The van der Waals surface area contributed by atoms with Crippen LogP contribution in [0.5, 0.6) is 0 Å². The van der Waals surface area contributed by atoms with Crippen molar-refractivity contribution in [3.63, 3.8) is 0 Å². The van der Waals surface area contributed by atoms with Gasteiger partial charge in [-0.3, -0.25) is 0 Å². The fourth-order valence-corrected chi connectivity index (χ4v) is 2.24. The predicted octanol–water partition coefficient (Wildman–Crippen LogP) is 1.59. The van der Waals surface area contributed by atoms with Gasteiger partial charge in [-0.05, 0) is 19.3 Å². The van der Waals surface area contributed by atoms with Crippen LogP contribution in [-0.2, 0) is 9.47 Å². The Morgan fingerprint density at radius 2 is 2.27 bits per heavy atom. The standard InChI is InChI=1S/C9H16O2/c1-7-8(10-2)4-3-5-9(7)6-11-9/h7-8H,3-6H2,1-2H3/t7-,8+,9-/m0/s1. The molecule has 1 aliphatic carbocycles. The predicted molar refractivity (Wildman–Crippen MR) is 42.5 cm³/mol. The molecule has 0 amide bonds. The number of epoxide rings is 1. The summed E-state index contributed by atoms with van der Waals surface area (Å²) in [6, 6.07) is 0. The lowest BCUT2D eigenvalue weighted by Gasteiger charge is -2.32. The maximum Gasteiger partial charge on any atom is 0.0966 e. The van der Waals surface area contributed by atoms with Gasteiger partial charge in [-0.2, -0.15) is 0 Å². The quantitative estimate of drug-likeness (QED) is 0.538. The molecule has 0 unspecified atom stereocenters. The smallest absolute Gasteiger partial charge is 0.0966 e. The van der Waals surface area contributed by atoms with Crippen LogP contribution in [0.2, 0.25) is 0 Å². The minimum Gasteiger partial charge on any atom is -0.381 e. The molecule has 1 saturated heterocycles. The summed E-state index contributed by atoms with van der Waals surface area (Å²) in [6.45, 7) is 3.22. The van der Waals surface area contributed by atoms with Crippen molar-refractivity contribution in [3.8, 4) is 0 Å². The van der Waals surface area contributed by atoms with E-state index in [2.05, 4.69) is 6.92 Å². The summed E-state index contributed by atoms with van der Waals surface area (Å²) in [5, 5.41) is 0. The van der Waals surface area contributed by atoms with Crippen molar-refractivity contribution in [1.29, 1.82) is 0 Å². The molecular weight excluding hydrogens is 140 g/mol. The van der Waals surface area contributed by atoms with Gasteiger partial charge in [-0.1, -0.05) is 6.92 Å². The van der Waals surface area contributed by atoms with Crippen LogP contribution in [0.4, 0.5) is 0 Å². The van der Waals surface area contributed by atoms with Crippen molar-refractivity contribution in [2.75, 3.05) is 13.7 Å². The van der Waals surface area contributed by atoms with Gasteiger partial charge in [-0.15, -0.1) is 0 Å². The van der Waals surface area contributed by atoms with Gasteiger partial charge in [0.1, 0.15) is 0 Å². The Kier molecular flexibility index (Phi) is 1.69. The van der Waals surface area contributed by atoms with Gasteiger partial charge in [0.05, 0.1) is 18.3 Å². The first-order valence-electron chi connectivity index (χ1n) is 4.45. The van der Waals surface area contributed by atoms with Crippen LogP contribution in [0, 0.1) is 5.92 Å². The lowest BCUT2D eigenvalue weighted by atomic mass is 9.78. The Hall–Kier alpha value is -0.0800. The summed E-state index contributed by atoms with van der Waals surface area (Å²) in [4.78, 5) is 0. The zero-order chi connectivity index (χ0) is 7.90. The van der Waals surface area contributed by atoms with Gasteiger partial charge in [0.15, 0.2) is 0 Å². The van der Waals surface area contributed by atoms with Crippen molar-refractivity contribution in [2.45, 2.75) is 37.9 Å². The summed E-state index contributed by atoms with van der Waals surface area (Å²) < 4.78 is 10.9. The van der Waals surface area contributed by atoms with Gasteiger partial charge < -0.3 is 9.47 Å². The van der Waals surface area contributed by atoms with Crippen LogP contribution in [0.1, 0.15) is 26.2 Å². The molecule has 1 heterocycles. The normalized spacial score (nSPS) is 49.6. The van der Waals surface area contributed by atoms with Gasteiger partial charge in [0.2, 0.25) is 0 Å². The van der Waals surface area contributed by atoms with E-state index in [-0.39, 0.29) is 5.60 Å². The second-order valence-corrected chi connectivity index (χ2v) is 3.81. The van der Waals surface area contributed by atoms with E-state index in [9.17, 15) is 0 Å². The molecule has 0 aromatic heterocycles. The zero-order valence-electron chi connectivity index (χ0n) is 7.30. The first-order chi connectivity index (χ1) is 5.28. The van der Waals surface area contributed by atoms with E-state index in [1.54, 1.807) is 0 Å². The van der Waals surface area contributed by atoms with Gasteiger partial charge >= 0.3 is 0 Å². The van der Waals surface area contributed by atoms with Crippen LogP contribution in [0.15, 0.2) is 0 Å². The van der Waals surface area contributed by atoms with E-state index >= 15 is 0 Å². The maximum absolute atomic E-state index is 5.50. The molecule has 0 radical (unpaired) electrons. The van der Waals surface area contributed by atoms with Crippen LogP contribution in [0.25, 0.3) is 0 Å². The first kappa shape index (κ1) is 7.56. The molecule has 2 nitrogen and oxygen atoms in total. The molecule has 11 heavy (non-hydrogen) atoms. The maximum atomic E-state index is 5.50. The van der Waals surface area contributed by atoms with Crippen LogP contribution in [0.3, 0.4) is 0 Å². The lowest BCUT2D eigenvalue weighted by molar-refractivity contribution is -0.00927. The van der Waals surface area contributed by atoms with Gasteiger partial charge in [-0.25, -0.2) is 0 Å². The Morgan fingerprint density at radius 3 is 2.82 bits per heavy atom. The first-order valence-corrected chi connectivity index (χ1v) is 4.45. The third-order valence-electron chi connectivity index (χ3n) is 3.29. The van der Waals surface area contributed by atoms with Crippen molar-refractivity contribution < 1.29 is 9.47 Å². The third-order valence-corrected chi connectivity index (χ3v) is 3.29. The molecule has 2 rings (SSSR count). The molecule has 0 N–H and O–H groups in total. The summed E-state index contributed by atoms with van der Waals surface area (Å²) in [6.07, 6.45) is 4.16. The van der Waals surface area contributed by atoms with Crippen molar-refractivity contribution in [1.82, 2.24) is 0 Å². The second kappa shape index (κ2) is 2.46. The molecule has 3 atom stereocenters. The number of hydrogen-bond donors (Lipinski definition) is 0. The zero-order valence-corrected chi connectivity index (χ0v) is 7.30. The molecule has 0 aromatic rings. The van der Waals surface area contributed by atoms with Gasteiger partial charge in [0.25, 0.3) is 0 Å². The third kappa shape index (κ3) is 1.09. The molecule has 1 aliphatic heterocycles. The number of rotatable bonds is 1. The molecule has 1 saturated carbocycles. The molecule has 2 aliphatic rings. The number of hydrogen-bond acceptors (Lipinski definition) is 2. The molecule has 2 fully saturated rings. The average Bonchev–Trinajstić information content (AvgIpc) is 2.77. The fraction of sp³-hybridized carbons (Fsp3) is 1.00. The van der Waals surface area contributed by atoms with E-state index in [1.807, 2.05) is 7.11 Å². The highest BCUT2D eigenvalue weighted by Gasteiger charge is 2.53. The lowest BCUT2D eigenvalue weighted by Crippen LogP contribution is -2.37. The van der Waals surface area contributed by atoms with E-state index in [0.29, 0.717) is 12.0 Å². The summed E-state index contributed by atoms with van der Waals surface area (Å²) >= 11 is 0. The summed E-state index contributed by atoms with van der Waals surface area (Å²) in [5.74, 6) is 0.598. The van der Waals surface area contributed by atoms with Crippen molar-refractivity contribution >= 4 is 0 Å². The van der Waals surface area contributed by atoms with E-state index in [0.717, 1.165) is 6.61 Å². The van der Waals surface area contributed by atoms with Crippen LogP contribution >= 0.6 is 0 Å². The highest BCUT2D eigenvalue weighted by Crippen LogP contribution is 2.46. The molecular formula is C9H16O2. The number of methoxy groups -OCH3 is 1. The summed E-state index contributed by atoms with van der Waals surface area (Å²) in [7, 11) is 1.81. The molecule has 64 valence electrons. The Labute approximate surface area is 67.9 Å². The van der Waals surface area contributed by atoms with Crippen molar-refractivity contribution in [3.05, 3.63) is 0 Å². The van der Waals surface area contributed by atoms with Gasteiger partial charge in [0, 0.05) is 13.0 Å². The van der Waals surface area contributed by atoms with E-state index in [4.69, 9.17) is 9.47 Å².